The van der Waals surface area contributed by atoms with Crippen LogP contribution in [0.1, 0.15) is 48.0 Å². The van der Waals surface area contributed by atoms with Crippen LogP contribution in [-0.2, 0) is 0 Å². The van der Waals surface area contributed by atoms with E-state index in [0.717, 1.165) is 24.1 Å². The largest absolute Gasteiger partial charge is 0.398 e. The summed E-state index contributed by atoms with van der Waals surface area (Å²) in [5.74, 6) is -0.0572. The topological polar surface area (TPSA) is 55.1 Å². The Morgan fingerprint density at radius 2 is 1.72 bits per heavy atom. The van der Waals surface area contributed by atoms with Crippen molar-refractivity contribution in [2.75, 3.05) is 5.73 Å². The van der Waals surface area contributed by atoms with Crippen LogP contribution in [0.4, 0.5) is 5.69 Å². The molecular weight excluding hydrogens is 332 g/mol. The van der Waals surface area contributed by atoms with Gasteiger partial charge in [-0.1, -0.05) is 49.1 Å². The summed E-state index contributed by atoms with van der Waals surface area (Å²) >= 11 is 5.91. The lowest BCUT2D eigenvalue weighted by Crippen LogP contribution is -2.30. The van der Waals surface area contributed by atoms with Gasteiger partial charge in [0, 0.05) is 39.7 Å². The highest BCUT2D eigenvalue weighted by atomic mass is 35.5. The zero-order chi connectivity index (χ0) is 17.6. The molecule has 0 spiro atoms. The van der Waals surface area contributed by atoms with Gasteiger partial charge in [-0.25, -0.2) is 0 Å². The van der Waals surface area contributed by atoms with E-state index in [2.05, 4.69) is 5.32 Å². The van der Waals surface area contributed by atoms with E-state index in [1.54, 1.807) is 30.3 Å². The molecule has 3 rings (SSSR count). The van der Waals surface area contributed by atoms with E-state index in [0.29, 0.717) is 22.3 Å². The molecule has 0 aromatic heterocycles. The number of nitrogens with two attached hydrogens (primary N) is 1. The van der Waals surface area contributed by atoms with Gasteiger partial charge in [0.05, 0.1) is 0 Å². The summed E-state index contributed by atoms with van der Waals surface area (Å²) in [6, 6.07) is 15.0. The molecule has 25 heavy (non-hydrogen) atoms. The molecule has 1 aliphatic carbocycles. The second-order valence-electron chi connectivity index (χ2n) is 6.50. The van der Waals surface area contributed by atoms with Crippen LogP contribution >= 0.6 is 11.6 Å². The molecule has 2 aromatic rings. The molecule has 1 aliphatic rings. The lowest BCUT2D eigenvalue weighted by atomic mass is 9.94. The highest BCUT2D eigenvalue weighted by Gasteiger charge is 2.17. The number of allylic oxidation sites excluding steroid dienone is 1. The first-order valence-corrected chi connectivity index (χ1v) is 9.14. The van der Waals surface area contributed by atoms with Crippen LogP contribution in [-0.4, -0.2) is 11.8 Å². The SMILES string of the molecule is Nc1ccccc1/C(=C/C(=O)c1ccc(Cl)cc1)NC1CCCCC1. The van der Waals surface area contributed by atoms with Crippen LogP contribution in [0.2, 0.25) is 5.02 Å². The Hall–Kier alpha value is -2.26. The molecule has 130 valence electrons. The normalized spacial score (nSPS) is 15.8. The first kappa shape index (κ1) is 17.6. The van der Waals surface area contributed by atoms with Crippen molar-refractivity contribution < 1.29 is 4.79 Å². The van der Waals surface area contributed by atoms with E-state index < -0.39 is 0 Å². The molecule has 0 unspecified atom stereocenters. The minimum atomic E-state index is -0.0572. The Balaban J connectivity index is 1.90. The van der Waals surface area contributed by atoms with Gasteiger partial charge in [-0.2, -0.15) is 0 Å². The average molecular weight is 355 g/mol. The standard InChI is InChI=1S/C21H23ClN2O/c22-16-12-10-15(11-13-16)21(25)14-20(18-8-4-5-9-19(18)23)24-17-6-2-1-3-7-17/h4-5,8-14,17,24H,1-3,6-7,23H2/b20-14-. The number of rotatable bonds is 5. The average Bonchev–Trinajstić information content (AvgIpc) is 2.63. The molecule has 0 aliphatic heterocycles. The van der Waals surface area contributed by atoms with Crippen molar-refractivity contribution in [3.63, 3.8) is 0 Å². The summed E-state index contributed by atoms with van der Waals surface area (Å²) in [6.45, 7) is 0. The highest BCUT2D eigenvalue weighted by molar-refractivity contribution is 6.30. The van der Waals surface area contributed by atoms with Crippen LogP contribution in [0.15, 0.2) is 54.6 Å². The zero-order valence-electron chi connectivity index (χ0n) is 14.2. The van der Waals surface area contributed by atoms with Crippen LogP contribution < -0.4 is 11.1 Å². The third-order valence-electron chi connectivity index (χ3n) is 4.62. The summed E-state index contributed by atoms with van der Waals surface area (Å²) in [5, 5.41) is 4.18. The Morgan fingerprint density at radius 3 is 2.40 bits per heavy atom. The molecule has 4 heteroatoms. The molecule has 0 atom stereocenters. The maximum atomic E-state index is 12.7. The molecule has 0 heterocycles. The molecule has 0 saturated heterocycles. The fraction of sp³-hybridized carbons (Fsp3) is 0.286. The fourth-order valence-corrected chi connectivity index (χ4v) is 3.36. The van der Waals surface area contributed by atoms with Crippen LogP contribution in [0.25, 0.3) is 5.70 Å². The van der Waals surface area contributed by atoms with Crippen molar-refractivity contribution in [2.45, 2.75) is 38.1 Å². The molecule has 0 bridgehead atoms. The Kier molecular flexibility index (Phi) is 5.77. The number of benzene rings is 2. The van der Waals surface area contributed by atoms with E-state index in [9.17, 15) is 4.79 Å². The maximum absolute atomic E-state index is 12.7. The van der Waals surface area contributed by atoms with Gasteiger partial charge in [0.1, 0.15) is 0 Å². The van der Waals surface area contributed by atoms with Gasteiger partial charge in [-0.15, -0.1) is 0 Å². The second-order valence-corrected chi connectivity index (χ2v) is 6.93. The molecule has 3 nitrogen and oxygen atoms in total. The number of ketones is 1. The van der Waals surface area contributed by atoms with Gasteiger partial charge in [-0.3, -0.25) is 4.79 Å². The van der Waals surface area contributed by atoms with Crippen molar-refractivity contribution in [1.82, 2.24) is 5.32 Å². The van der Waals surface area contributed by atoms with Crippen molar-refractivity contribution in [2.24, 2.45) is 0 Å². The number of nitrogen functional groups attached to an aromatic ring is 1. The molecule has 2 aromatic carbocycles. The molecule has 1 fully saturated rings. The van der Waals surface area contributed by atoms with Gasteiger partial charge in [0.25, 0.3) is 0 Å². The van der Waals surface area contributed by atoms with Crippen molar-refractivity contribution in [1.29, 1.82) is 0 Å². The van der Waals surface area contributed by atoms with E-state index in [-0.39, 0.29) is 5.78 Å². The minimum Gasteiger partial charge on any atom is -0.398 e. The first-order valence-electron chi connectivity index (χ1n) is 8.76. The van der Waals surface area contributed by atoms with Gasteiger partial charge < -0.3 is 11.1 Å². The predicted octanol–water partition coefficient (Wildman–Crippen LogP) is 5.07. The van der Waals surface area contributed by atoms with Gasteiger partial charge >= 0.3 is 0 Å². The number of para-hydroxylation sites is 1. The lowest BCUT2D eigenvalue weighted by Gasteiger charge is -2.26. The maximum Gasteiger partial charge on any atom is 0.187 e. The number of carbonyl (C=O) groups is 1. The number of halogens is 1. The van der Waals surface area contributed by atoms with Gasteiger partial charge in [0.15, 0.2) is 5.78 Å². The summed E-state index contributed by atoms with van der Waals surface area (Å²) in [5.41, 5.74) is 9.10. The second kappa shape index (κ2) is 8.21. The Labute approximate surface area is 153 Å². The van der Waals surface area contributed by atoms with E-state index >= 15 is 0 Å². The zero-order valence-corrected chi connectivity index (χ0v) is 14.9. The molecule has 1 saturated carbocycles. The monoisotopic (exact) mass is 354 g/mol. The van der Waals surface area contributed by atoms with Crippen molar-refractivity contribution >= 4 is 28.8 Å². The highest BCUT2D eigenvalue weighted by Crippen LogP contribution is 2.25. The molecule has 3 N–H and O–H groups in total. The fourth-order valence-electron chi connectivity index (χ4n) is 3.23. The number of hydrogen-bond donors (Lipinski definition) is 2. The van der Waals surface area contributed by atoms with Crippen molar-refractivity contribution in [3.8, 4) is 0 Å². The Morgan fingerprint density at radius 1 is 1.04 bits per heavy atom. The summed E-state index contributed by atoms with van der Waals surface area (Å²) in [7, 11) is 0. The summed E-state index contributed by atoms with van der Waals surface area (Å²) in [4.78, 5) is 12.7. The van der Waals surface area contributed by atoms with Crippen LogP contribution in [0, 0.1) is 0 Å². The third-order valence-corrected chi connectivity index (χ3v) is 4.87. The third kappa shape index (κ3) is 4.64. The smallest absolute Gasteiger partial charge is 0.187 e. The van der Waals surface area contributed by atoms with E-state index in [1.807, 2.05) is 24.3 Å². The van der Waals surface area contributed by atoms with E-state index in [1.165, 1.54) is 19.3 Å². The number of anilines is 1. The van der Waals surface area contributed by atoms with E-state index in [4.69, 9.17) is 17.3 Å². The molecular formula is C21H23ClN2O. The van der Waals surface area contributed by atoms with Crippen LogP contribution in [0.5, 0.6) is 0 Å². The van der Waals surface area contributed by atoms with Crippen LogP contribution in [0.3, 0.4) is 0 Å². The Bertz CT molecular complexity index is 762. The number of hydrogen-bond acceptors (Lipinski definition) is 3. The summed E-state index contributed by atoms with van der Waals surface area (Å²) in [6.07, 6.45) is 7.64. The quantitative estimate of drug-likeness (QED) is 0.448. The lowest BCUT2D eigenvalue weighted by molar-refractivity contribution is 0.104. The molecule has 0 amide bonds. The summed E-state index contributed by atoms with van der Waals surface area (Å²) < 4.78 is 0. The predicted molar refractivity (Wildman–Crippen MR) is 105 cm³/mol. The molecule has 0 radical (unpaired) electrons. The van der Waals surface area contributed by atoms with Gasteiger partial charge in [0.2, 0.25) is 0 Å². The number of carbonyl (C=O) groups excluding carboxylic acids is 1. The van der Waals surface area contributed by atoms with Gasteiger partial charge in [-0.05, 0) is 43.2 Å². The van der Waals surface area contributed by atoms with Crippen molar-refractivity contribution in [3.05, 3.63) is 70.8 Å². The number of nitrogens with one attached hydrogen (secondary N) is 1. The minimum absolute atomic E-state index is 0.0572. The first-order chi connectivity index (χ1) is 12.1.